The number of hydrogen-bond donors (Lipinski definition) is 2. The van der Waals surface area contributed by atoms with Gasteiger partial charge in [-0.3, -0.25) is 14.9 Å². The molecule has 2 N–H and O–H groups in total. The minimum atomic E-state index is -0.757. The molecule has 0 atom stereocenters. The molecule has 0 radical (unpaired) electrons. The SMILES string of the molecule is COc1ccc(CNC(=O)/C(C#N)=C\c2cc(Br)c(O)c([N+](=O)[O-])c2)cc1. The van der Waals surface area contributed by atoms with Gasteiger partial charge in [-0.25, -0.2) is 0 Å². The van der Waals surface area contributed by atoms with Gasteiger partial charge in [-0.2, -0.15) is 5.26 Å². The quantitative estimate of drug-likeness (QED) is 0.312. The van der Waals surface area contributed by atoms with E-state index in [-0.39, 0.29) is 22.2 Å². The highest BCUT2D eigenvalue weighted by molar-refractivity contribution is 9.10. The number of carbonyl (C=O) groups excluding carboxylic acids is 1. The molecule has 1 amide bonds. The summed E-state index contributed by atoms with van der Waals surface area (Å²) in [6, 6.07) is 11.3. The van der Waals surface area contributed by atoms with Gasteiger partial charge in [-0.15, -0.1) is 0 Å². The molecule has 0 saturated heterocycles. The molecule has 0 spiro atoms. The number of aromatic hydroxyl groups is 1. The molecule has 0 aliphatic heterocycles. The molecule has 0 aliphatic rings. The summed E-state index contributed by atoms with van der Waals surface area (Å²) in [6.45, 7) is 0.196. The van der Waals surface area contributed by atoms with E-state index in [0.717, 1.165) is 11.6 Å². The van der Waals surface area contributed by atoms with Gasteiger partial charge in [0.05, 0.1) is 16.5 Å². The second-order valence-electron chi connectivity index (χ2n) is 5.33. The fourth-order valence-electron chi connectivity index (χ4n) is 2.16. The molecule has 0 bridgehead atoms. The first-order valence-corrected chi connectivity index (χ1v) is 8.34. The van der Waals surface area contributed by atoms with Crippen molar-refractivity contribution in [1.82, 2.24) is 5.32 Å². The molecule has 0 unspecified atom stereocenters. The van der Waals surface area contributed by atoms with Crippen LogP contribution in [0.3, 0.4) is 0 Å². The summed E-state index contributed by atoms with van der Waals surface area (Å²) in [5, 5.41) is 32.5. The highest BCUT2D eigenvalue weighted by Gasteiger charge is 2.18. The van der Waals surface area contributed by atoms with E-state index in [1.165, 1.54) is 12.1 Å². The van der Waals surface area contributed by atoms with E-state index in [0.29, 0.717) is 5.75 Å². The van der Waals surface area contributed by atoms with Gasteiger partial charge in [0.15, 0.2) is 0 Å². The number of hydrogen-bond acceptors (Lipinski definition) is 6. The van der Waals surface area contributed by atoms with Crippen molar-refractivity contribution in [3.8, 4) is 17.6 Å². The zero-order chi connectivity index (χ0) is 20.0. The van der Waals surface area contributed by atoms with Gasteiger partial charge in [0.25, 0.3) is 5.91 Å². The number of nitrogens with zero attached hydrogens (tertiary/aromatic N) is 2. The Hall–Kier alpha value is -3.38. The molecular weight excluding hydrogens is 418 g/mol. The Bertz CT molecular complexity index is 949. The maximum Gasteiger partial charge on any atom is 0.312 e. The van der Waals surface area contributed by atoms with Crippen molar-refractivity contribution < 1.29 is 19.6 Å². The van der Waals surface area contributed by atoms with Crippen LogP contribution in [0.15, 0.2) is 46.4 Å². The number of phenolic OH excluding ortho intramolecular Hbond substituents is 1. The lowest BCUT2D eigenvalue weighted by Crippen LogP contribution is -2.23. The number of amides is 1. The van der Waals surface area contributed by atoms with Crippen LogP contribution in [0.5, 0.6) is 11.5 Å². The summed E-state index contributed by atoms with van der Waals surface area (Å²) in [4.78, 5) is 22.4. The molecule has 2 aromatic rings. The van der Waals surface area contributed by atoms with Gasteiger partial charge in [-0.05, 0) is 51.3 Å². The number of nitriles is 1. The summed E-state index contributed by atoms with van der Waals surface area (Å²) in [5.74, 6) is -0.470. The van der Waals surface area contributed by atoms with Crippen molar-refractivity contribution in [3.63, 3.8) is 0 Å². The van der Waals surface area contributed by atoms with Crippen LogP contribution in [-0.2, 0) is 11.3 Å². The summed E-state index contributed by atoms with van der Waals surface area (Å²) in [5.41, 5.74) is 0.272. The van der Waals surface area contributed by atoms with Crippen LogP contribution >= 0.6 is 15.9 Å². The predicted molar refractivity (Wildman–Crippen MR) is 101 cm³/mol. The normalized spacial score (nSPS) is 10.8. The Kier molecular flexibility index (Phi) is 6.51. The standard InChI is InChI=1S/C18H14BrN3O5/c1-27-14-4-2-11(3-5-14)10-21-18(24)13(9-20)6-12-7-15(19)17(23)16(8-12)22(25)26/h2-8,23H,10H2,1H3,(H,21,24)/b13-6-. The number of methoxy groups -OCH3 is 1. The van der Waals surface area contributed by atoms with E-state index in [9.17, 15) is 25.3 Å². The molecule has 8 nitrogen and oxygen atoms in total. The Morgan fingerprint density at radius 3 is 2.63 bits per heavy atom. The molecule has 0 saturated carbocycles. The Labute approximate surface area is 163 Å². The monoisotopic (exact) mass is 431 g/mol. The first-order chi connectivity index (χ1) is 12.8. The summed E-state index contributed by atoms with van der Waals surface area (Å²) < 4.78 is 5.13. The zero-order valence-electron chi connectivity index (χ0n) is 14.1. The number of ether oxygens (including phenoxy) is 1. The van der Waals surface area contributed by atoms with Crippen molar-refractivity contribution in [1.29, 1.82) is 5.26 Å². The second-order valence-corrected chi connectivity index (χ2v) is 6.18. The number of phenols is 1. The Morgan fingerprint density at radius 2 is 2.07 bits per heavy atom. The summed E-state index contributed by atoms with van der Waals surface area (Å²) in [6.07, 6.45) is 1.21. The Balaban J connectivity index is 2.18. The Morgan fingerprint density at radius 1 is 1.41 bits per heavy atom. The van der Waals surface area contributed by atoms with Crippen molar-refractivity contribution in [3.05, 3.63) is 67.7 Å². The largest absolute Gasteiger partial charge is 0.501 e. The van der Waals surface area contributed by atoms with Gasteiger partial charge in [0, 0.05) is 12.6 Å². The molecule has 2 aromatic carbocycles. The lowest BCUT2D eigenvalue weighted by molar-refractivity contribution is -0.386. The summed E-state index contributed by atoms with van der Waals surface area (Å²) >= 11 is 3.01. The number of benzene rings is 2. The molecule has 138 valence electrons. The van der Waals surface area contributed by atoms with Crippen LogP contribution in [0.25, 0.3) is 6.08 Å². The number of nitrogens with one attached hydrogen (secondary N) is 1. The minimum absolute atomic E-state index is 0.0823. The molecule has 9 heteroatoms. The average molecular weight is 432 g/mol. The van der Waals surface area contributed by atoms with E-state index in [2.05, 4.69) is 21.2 Å². The number of nitro groups is 1. The third kappa shape index (κ3) is 5.05. The maximum absolute atomic E-state index is 12.2. The van der Waals surface area contributed by atoms with E-state index in [4.69, 9.17) is 4.74 Å². The van der Waals surface area contributed by atoms with Crippen LogP contribution in [0.4, 0.5) is 5.69 Å². The fourth-order valence-corrected chi connectivity index (χ4v) is 2.63. The molecular formula is C18H14BrN3O5. The lowest BCUT2D eigenvalue weighted by Gasteiger charge is -2.06. The van der Waals surface area contributed by atoms with Crippen molar-refractivity contribution in [2.45, 2.75) is 6.54 Å². The van der Waals surface area contributed by atoms with Gasteiger partial charge in [-0.1, -0.05) is 12.1 Å². The lowest BCUT2D eigenvalue weighted by atomic mass is 10.1. The highest BCUT2D eigenvalue weighted by Crippen LogP contribution is 2.35. The minimum Gasteiger partial charge on any atom is -0.501 e. The highest BCUT2D eigenvalue weighted by atomic mass is 79.9. The van der Waals surface area contributed by atoms with E-state index in [1.807, 2.05) is 0 Å². The number of halogens is 1. The van der Waals surface area contributed by atoms with Crippen molar-refractivity contribution in [2.75, 3.05) is 7.11 Å². The average Bonchev–Trinajstić information content (AvgIpc) is 2.66. The predicted octanol–water partition coefficient (Wildman–Crippen LogP) is 3.29. The van der Waals surface area contributed by atoms with E-state index >= 15 is 0 Å². The molecule has 2 rings (SSSR count). The van der Waals surface area contributed by atoms with Gasteiger partial charge in [0.1, 0.15) is 17.4 Å². The molecule has 0 aromatic heterocycles. The third-order valence-corrected chi connectivity index (χ3v) is 4.16. The smallest absolute Gasteiger partial charge is 0.312 e. The number of carbonyl (C=O) groups is 1. The zero-order valence-corrected chi connectivity index (χ0v) is 15.7. The van der Waals surface area contributed by atoms with Crippen LogP contribution in [0.2, 0.25) is 0 Å². The first-order valence-electron chi connectivity index (χ1n) is 7.55. The van der Waals surface area contributed by atoms with Crippen LogP contribution in [0, 0.1) is 21.4 Å². The van der Waals surface area contributed by atoms with Crippen LogP contribution in [-0.4, -0.2) is 23.0 Å². The van der Waals surface area contributed by atoms with Crippen LogP contribution < -0.4 is 10.1 Å². The van der Waals surface area contributed by atoms with E-state index < -0.39 is 22.3 Å². The van der Waals surface area contributed by atoms with Crippen molar-refractivity contribution in [2.24, 2.45) is 0 Å². The molecule has 27 heavy (non-hydrogen) atoms. The summed E-state index contributed by atoms with van der Waals surface area (Å²) in [7, 11) is 1.55. The van der Waals surface area contributed by atoms with Crippen molar-refractivity contribution >= 4 is 33.6 Å². The second kappa shape index (κ2) is 8.82. The van der Waals surface area contributed by atoms with Crippen LogP contribution in [0.1, 0.15) is 11.1 Å². The maximum atomic E-state index is 12.2. The molecule has 0 aliphatic carbocycles. The van der Waals surface area contributed by atoms with Gasteiger partial charge in [0.2, 0.25) is 5.75 Å². The number of rotatable bonds is 6. The van der Waals surface area contributed by atoms with Gasteiger partial charge < -0.3 is 15.2 Å². The molecule has 0 fully saturated rings. The first kappa shape index (κ1) is 19.9. The number of nitro benzene ring substituents is 1. The fraction of sp³-hybridized carbons (Fsp3) is 0.111. The topological polar surface area (TPSA) is 125 Å². The van der Waals surface area contributed by atoms with Gasteiger partial charge >= 0.3 is 5.69 Å². The van der Waals surface area contributed by atoms with E-state index in [1.54, 1.807) is 37.4 Å². The third-order valence-electron chi connectivity index (χ3n) is 3.55. The molecule has 0 heterocycles.